The van der Waals surface area contributed by atoms with Gasteiger partial charge in [-0.1, -0.05) is 18.2 Å². The predicted octanol–water partition coefficient (Wildman–Crippen LogP) is 3.78. The van der Waals surface area contributed by atoms with Crippen LogP contribution in [0, 0.1) is 11.6 Å². The summed E-state index contributed by atoms with van der Waals surface area (Å²) in [5.41, 5.74) is 1.03. The first-order valence-corrected chi connectivity index (χ1v) is 13.0. The van der Waals surface area contributed by atoms with Gasteiger partial charge in [0.05, 0.1) is 16.6 Å². The number of aromatic amines is 1. The third kappa shape index (κ3) is 5.50. The number of hydrogen-bond donors (Lipinski definition) is 4. The highest BCUT2D eigenvalue weighted by Gasteiger charge is 2.27. The van der Waals surface area contributed by atoms with Gasteiger partial charge >= 0.3 is 0 Å². The van der Waals surface area contributed by atoms with Crippen LogP contribution in [0.25, 0.3) is 22.2 Å². The highest BCUT2D eigenvalue weighted by atomic mass is 19.1. The molecule has 2 amide bonds. The zero-order valence-corrected chi connectivity index (χ0v) is 22.4. The van der Waals surface area contributed by atoms with Crippen LogP contribution in [0.4, 0.5) is 14.6 Å². The van der Waals surface area contributed by atoms with Gasteiger partial charge < -0.3 is 20.6 Å². The Balaban J connectivity index is 1.34. The maximum absolute atomic E-state index is 15.2. The minimum absolute atomic E-state index is 0.0178. The fourth-order valence-corrected chi connectivity index (χ4v) is 4.97. The molecule has 1 unspecified atom stereocenters. The number of halogens is 2. The second kappa shape index (κ2) is 10.6. The molecule has 1 aliphatic heterocycles. The normalized spacial score (nSPS) is 15.4. The van der Waals surface area contributed by atoms with Crippen LogP contribution in [0.15, 0.2) is 48.7 Å². The van der Waals surface area contributed by atoms with Crippen LogP contribution < -0.4 is 15.5 Å². The van der Waals surface area contributed by atoms with Gasteiger partial charge in [0, 0.05) is 44.4 Å². The minimum atomic E-state index is -1.25. The monoisotopic (exact) mass is 548 g/mol. The molecule has 5 rings (SSSR count). The van der Waals surface area contributed by atoms with Crippen molar-refractivity contribution in [3.8, 4) is 11.1 Å². The summed E-state index contributed by atoms with van der Waals surface area (Å²) in [7, 11) is 0. The topological polar surface area (TPSA) is 123 Å². The molecule has 0 spiro atoms. The van der Waals surface area contributed by atoms with E-state index >= 15 is 4.39 Å². The molecule has 3 heterocycles. The van der Waals surface area contributed by atoms with Crippen LogP contribution >= 0.6 is 0 Å². The maximum Gasteiger partial charge on any atom is 0.254 e. The van der Waals surface area contributed by atoms with Gasteiger partial charge in [0.1, 0.15) is 11.6 Å². The second-order valence-corrected chi connectivity index (χ2v) is 10.5. The van der Waals surface area contributed by atoms with Crippen LogP contribution in [0.1, 0.15) is 48.7 Å². The summed E-state index contributed by atoms with van der Waals surface area (Å²) in [6.45, 7) is 5.70. The number of rotatable bonds is 7. The Morgan fingerprint density at radius 1 is 1.15 bits per heavy atom. The number of anilines is 1. The highest BCUT2D eigenvalue weighted by Crippen LogP contribution is 2.35. The van der Waals surface area contributed by atoms with Gasteiger partial charge in [0.2, 0.25) is 5.91 Å². The molecule has 0 saturated carbocycles. The van der Waals surface area contributed by atoms with E-state index in [0.29, 0.717) is 35.7 Å². The molecule has 1 aliphatic rings. The Hall–Kier alpha value is -4.38. The number of nitrogens with zero attached hydrogens (tertiary/aromatic N) is 3. The minimum Gasteiger partial charge on any atom is -0.386 e. The molecule has 0 radical (unpaired) electrons. The molecule has 4 N–H and O–H groups in total. The van der Waals surface area contributed by atoms with Crippen molar-refractivity contribution in [3.63, 3.8) is 0 Å². The van der Waals surface area contributed by atoms with E-state index in [4.69, 9.17) is 0 Å². The lowest BCUT2D eigenvalue weighted by atomic mass is 9.97. The average Bonchev–Trinajstić information content (AvgIpc) is 3.53. The number of aromatic nitrogens is 3. The Labute approximate surface area is 229 Å². The van der Waals surface area contributed by atoms with Crippen molar-refractivity contribution >= 4 is 28.7 Å². The zero-order valence-electron chi connectivity index (χ0n) is 22.4. The molecule has 40 heavy (non-hydrogen) atoms. The Kier molecular flexibility index (Phi) is 7.24. The van der Waals surface area contributed by atoms with Crippen LogP contribution in [0.3, 0.4) is 0 Å². The van der Waals surface area contributed by atoms with Crippen LogP contribution in [-0.4, -0.2) is 51.2 Å². The molecule has 1 fully saturated rings. The molecule has 2 aromatic carbocycles. The highest BCUT2D eigenvalue weighted by molar-refractivity contribution is 6.01. The van der Waals surface area contributed by atoms with Crippen LogP contribution in [0.2, 0.25) is 0 Å². The number of benzene rings is 2. The van der Waals surface area contributed by atoms with Gasteiger partial charge in [-0.25, -0.2) is 13.8 Å². The summed E-state index contributed by atoms with van der Waals surface area (Å²) in [5, 5.41) is 23.7. The number of amides is 2. The first-order valence-electron chi connectivity index (χ1n) is 13.0. The number of fused-ring (bicyclic) bond motifs is 1. The van der Waals surface area contributed by atoms with Crippen molar-refractivity contribution < 1.29 is 23.5 Å². The smallest absolute Gasteiger partial charge is 0.254 e. The fraction of sp³-hybridized carbons (Fsp3) is 0.310. The van der Waals surface area contributed by atoms with E-state index in [1.807, 2.05) is 0 Å². The zero-order chi connectivity index (χ0) is 28.6. The number of aliphatic hydroxyl groups is 1. The van der Waals surface area contributed by atoms with E-state index in [9.17, 15) is 19.1 Å². The van der Waals surface area contributed by atoms with E-state index in [0.717, 1.165) is 23.4 Å². The molecule has 0 bridgehead atoms. The van der Waals surface area contributed by atoms with Crippen molar-refractivity contribution in [1.82, 2.24) is 25.8 Å². The first kappa shape index (κ1) is 27.2. The summed E-state index contributed by atoms with van der Waals surface area (Å²) < 4.78 is 29.7. The molecule has 9 nitrogen and oxygen atoms in total. The van der Waals surface area contributed by atoms with Gasteiger partial charge in [-0.15, -0.1) is 0 Å². The summed E-state index contributed by atoms with van der Waals surface area (Å²) in [6.07, 6.45) is 2.40. The van der Waals surface area contributed by atoms with Crippen LogP contribution in [-0.2, 0) is 16.9 Å². The van der Waals surface area contributed by atoms with Gasteiger partial charge in [0.25, 0.3) is 5.91 Å². The number of H-pyrrole nitrogens is 1. The average molecular weight is 549 g/mol. The van der Waals surface area contributed by atoms with E-state index in [2.05, 4.69) is 30.7 Å². The number of carbonyl (C=O) groups is 2. The SMILES string of the molecule is CC(=O)NC1CCN(c2n[nH]c3nccc(-c4ccc(CNC(=O)c5ccc(C(C)(C)O)cc5F)c(F)c4)c23)C1. The molecule has 208 valence electrons. The summed E-state index contributed by atoms with van der Waals surface area (Å²) >= 11 is 0. The fourth-order valence-electron chi connectivity index (χ4n) is 4.97. The lowest BCUT2D eigenvalue weighted by Gasteiger charge is -2.18. The van der Waals surface area contributed by atoms with Crippen molar-refractivity contribution in [3.05, 3.63) is 77.0 Å². The van der Waals surface area contributed by atoms with E-state index in [1.54, 1.807) is 24.4 Å². The number of hydrogen-bond acceptors (Lipinski definition) is 6. The van der Waals surface area contributed by atoms with Gasteiger partial charge in [0.15, 0.2) is 11.5 Å². The second-order valence-electron chi connectivity index (χ2n) is 10.5. The quantitative estimate of drug-likeness (QED) is 0.279. The van der Waals surface area contributed by atoms with Crippen molar-refractivity contribution in [2.24, 2.45) is 0 Å². The van der Waals surface area contributed by atoms with E-state index < -0.39 is 23.1 Å². The van der Waals surface area contributed by atoms with Crippen LogP contribution in [0.5, 0.6) is 0 Å². The largest absolute Gasteiger partial charge is 0.386 e. The lowest BCUT2D eigenvalue weighted by Crippen LogP contribution is -2.35. The molecule has 2 aromatic heterocycles. The molecule has 0 aliphatic carbocycles. The Bertz CT molecular complexity index is 1600. The van der Waals surface area contributed by atoms with E-state index in [1.165, 1.54) is 39.0 Å². The van der Waals surface area contributed by atoms with Gasteiger partial charge in [-0.3, -0.25) is 14.7 Å². The van der Waals surface area contributed by atoms with Crippen molar-refractivity contribution in [1.29, 1.82) is 0 Å². The Morgan fingerprint density at radius 2 is 1.95 bits per heavy atom. The first-order chi connectivity index (χ1) is 19.0. The van der Waals surface area contributed by atoms with Crippen molar-refractivity contribution in [2.75, 3.05) is 18.0 Å². The molecule has 1 saturated heterocycles. The van der Waals surface area contributed by atoms with Gasteiger partial charge in [-0.05, 0) is 61.2 Å². The maximum atomic E-state index is 15.2. The Morgan fingerprint density at radius 3 is 2.65 bits per heavy atom. The summed E-state index contributed by atoms with van der Waals surface area (Å²) in [5.74, 6) is -1.39. The standard InChI is InChI=1S/C29H30F2N6O3/c1-16(38)34-20-9-11-37(15-20)27-25-21(8-10-32-26(25)35-36-27)17-4-5-18(23(30)12-17)14-33-28(39)22-7-6-19(13-24(22)31)29(2,3)40/h4-8,10,12-13,20,40H,9,11,14-15H2,1-3H3,(H,33,39)(H,34,38)(H,32,35,36). The third-order valence-electron chi connectivity index (χ3n) is 7.06. The third-order valence-corrected chi connectivity index (χ3v) is 7.06. The van der Waals surface area contributed by atoms with E-state index in [-0.39, 0.29) is 29.6 Å². The number of carbonyl (C=O) groups excluding carboxylic acids is 2. The molecule has 1 atom stereocenters. The summed E-state index contributed by atoms with van der Waals surface area (Å²) in [4.78, 5) is 30.5. The summed E-state index contributed by atoms with van der Waals surface area (Å²) in [6, 6.07) is 10.4. The molecular formula is C29H30F2N6O3. The van der Waals surface area contributed by atoms with Crippen molar-refractivity contribution in [2.45, 2.75) is 45.4 Å². The molecule has 11 heteroatoms. The molecular weight excluding hydrogens is 518 g/mol. The lowest BCUT2D eigenvalue weighted by molar-refractivity contribution is -0.119. The molecule has 4 aromatic rings. The van der Waals surface area contributed by atoms with Gasteiger partial charge in [-0.2, -0.15) is 5.10 Å². The number of pyridine rings is 1. The predicted molar refractivity (Wildman–Crippen MR) is 147 cm³/mol. The number of nitrogens with one attached hydrogen (secondary N) is 3.